The largest absolute Gasteiger partial charge is 0.478 e. The van der Waals surface area contributed by atoms with Crippen LogP contribution in [0.15, 0.2) is 24.3 Å². The van der Waals surface area contributed by atoms with Crippen LogP contribution in [0.5, 0.6) is 0 Å². The van der Waals surface area contributed by atoms with Crippen LogP contribution in [0.2, 0.25) is 0 Å². The first-order valence-corrected chi connectivity index (χ1v) is 6.73. The van der Waals surface area contributed by atoms with Gasteiger partial charge in [0.2, 0.25) is 0 Å². The predicted octanol–water partition coefficient (Wildman–Crippen LogP) is 1.80. The molecule has 1 N–H and O–H groups in total. The average Bonchev–Trinajstić information content (AvgIpc) is 2.42. The highest BCUT2D eigenvalue weighted by molar-refractivity contribution is 5.97. The van der Waals surface area contributed by atoms with Crippen LogP contribution in [0.4, 0.5) is 0 Å². The molecule has 0 saturated heterocycles. The standard InChI is InChI=1S/C15H22N2O3/c1-4-8-17(10-9-16(2)3)14(18)12-6-5-7-13(11-12)15(19)20/h5-7,11H,4,8-10H2,1-3H3,(H,19,20). The first kappa shape index (κ1) is 16.2. The van der Waals surface area contributed by atoms with Gasteiger partial charge >= 0.3 is 5.97 Å². The van der Waals surface area contributed by atoms with Crippen molar-refractivity contribution in [1.82, 2.24) is 9.80 Å². The van der Waals surface area contributed by atoms with Crippen LogP contribution in [0.3, 0.4) is 0 Å². The Kier molecular flexibility index (Phi) is 6.18. The fourth-order valence-corrected chi connectivity index (χ4v) is 1.87. The second-order valence-electron chi connectivity index (χ2n) is 4.98. The quantitative estimate of drug-likeness (QED) is 0.826. The molecule has 1 rings (SSSR count). The average molecular weight is 278 g/mol. The molecule has 0 unspecified atom stereocenters. The van der Waals surface area contributed by atoms with Crippen molar-refractivity contribution in [2.24, 2.45) is 0 Å². The molecule has 1 aromatic rings. The van der Waals surface area contributed by atoms with E-state index in [2.05, 4.69) is 0 Å². The topological polar surface area (TPSA) is 60.9 Å². The lowest BCUT2D eigenvalue weighted by Gasteiger charge is -2.24. The van der Waals surface area contributed by atoms with Gasteiger partial charge in [0.05, 0.1) is 5.56 Å². The molecule has 110 valence electrons. The van der Waals surface area contributed by atoms with Crippen molar-refractivity contribution in [2.75, 3.05) is 33.7 Å². The van der Waals surface area contributed by atoms with Gasteiger partial charge < -0.3 is 14.9 Å². The number of carbonyl (C=O) groups is 2. The minimum Gasteiger partial charge on any atom is -0.478 e. The number of carboxylic acid groups (broad SMARTS) is 1. The van der Waals surface area contributed by atoms with Crippen LogP contribution >= 0.6 is 0 Å². The Morgan fingerprint density at radius 3 is 2.30 bits per heavy atom. The molecule has 1 aromatic carbocycles. The molecule has 0 atom stereocenters. The molecule has 0 aliphatic carbocycles. The number of carboxylic acids is 1. The monoisotopic (exact) mass is 278 g/mol. The molecule has 5 heteroatoms. The molecule has 20 heavy (non-hydrogen) atoms. The van der Waals surface area contributed by atoms with Crippen molar-refractivity contribution < 1.29 is 14.7 Å². The summed E-state index contributed by atoms with van der Waals surface area (Å²) in [5.74, 6) is -1.13. The maximum Gasteiger partial charge on any atom is 0.335 e. The number of nitrogens with zero attached hydrogens (tertiary/aromatic N) is 2. The molecule has 0 aliphatic rings. The third-order valence-electron chi connectivity index (χ3n) is 2.95. The Labute approximate surface area is 119 Å². The highest BCUT2D eigenvalue weighted by Crippen LogP contribution is 2.09. The van der Waals surface area contributed by atoms with E-state index in [9.17, 15) is 9.59 Å². The number of benzene rings is 1. The van der Waals surface area contributed by atoms with Crippen LogP contribution in [0.25, 0.3) is 0 Å². The van der Waals surface area contributed by atoms with Crippen molar-refractivity contribution in [1.29, 1.82) is 0 Å². The zero-order valence-corrected chi connectivity index (χ0v) is 12.3. The molecular formula is C15H22N2O3. The van der Waals surface area contributed by atoms with Crippen molar-refractivity contribution >= 4 is 11.9 Å². The number of hydrogen-bond acceptors (Lipinski definition) is 3. The molecule has 0 aliphatic heterocycles. The molecule has 0 bridgehead atoms. The van der Waals surface area contributed by atoms with E-state index in [1.54, 1.807) is 17.0 Å². The lowest BCUT2D eigenvalue weighted by atomic mass is 10.1. The van der Waals surface area contributed by atoms with E-state index in [4.69, 9.17) is 5.11 Å². The molecule has 0 heterocycles. The molecule has 0 fully saturated rings. The minimum atomic E-state index is -1.02. The second kappa shape index (κ2) is 7.65. The Hall–Kier alpha value is -1.88. The Morgan fingerprint density at radius 1 is 1.10 bits per heavy atom. The molecule has 5 nitrogen and oxygen atoms in total. The molecule has 0 spiro atoms. The minimum absolute atomic E-state index is 0.114. The lowest BCUT2D eigenvalue weighted by molar-refractivity contribution is 0.0697. The van der Waals surface area contributed by atoms with E-state index >= 15 is 0 Å². The van der Waals surface area contributed by atoms with Gasteiger partial charge in [-0.2, -0.15) is 0 Å². The van der Waals surface area contributed by atoms with Crippen molar-refractivity contribution in [3.05, 3.63) is 35.4 Å². The van der Waals surface area contributed by atoms with Gasteiger partial charge in [0.25, 0.3) is 5.91 Å². The number of hydrogen-bond donors (Lipinski definition) is 1. The summed E-state index contributed by atoms with van der Waals surface area (Å²) in [6.07, 6.45) is 0.873. The predicted molar refractivity (Wildman–Crippen MR) is 78.1 cm³/mol. The Balaban J connectivity index is 2.87. The van der Waals surface area contributed by atoms with Crippen LogP contribution in [-0.2, 0) is 0 Å². The third kappa shape index (κ3) is 4.66. The Bertz CT molecular complexity index is 472. The first-order valence-electron chi connectivity index (χ1n) is 6.73. The zero-order chi connectivity index (χ0) is 15.1. The SMILES string of the molecule is CCCN(CCN(C)C)C(=O)c1cccc(C(=O)O)c1. The van der Waals surface area contributed by atoms with Crippen LogP contribution in [0.1, 0.15) is 34.1 Å². The van der Waals surface area contributed by atoms with E-state index in [1.165, 1.54) is 12.1 Å². The van der Waals surface area contributed by atoms with Crippen LogP contribution in [0, 0.1) is 0 Å². The smallest absolute Gasteiger partial charge is 0.335 e. The summed E-state index contributed by atoms with van der Waals surface area (Å²) in [6, 6.07) is 6.19. The van der Waals surface area contributed by atoms with E-state index in [0.29, 0.717) is 18.7 Å². The third-order valence-corrected chi connectivity index (χ3v) is 2.95. The summed E-state index contributed by atoms with van der Waals surface area (Å²) >= 11 is 0. The number of likely N-dealkylation sites (N-methyl/N-ethyl adjacent to an activating group) is 1. The first-order chi connectivity index (χ1) is 9.45. The van der Waals surface area contributed by atoms with Gasteiger partial charge in [-0.3, -0.25) is 4.79 Å². The summed E-state index contributed by atoms with van der Waals surface area (Å²) in [5, 5.41) is 8.98. The van der Waals surface area contributed by atoms with Crippen molar-refractivity contribution in [2.45, 2.75) is 13.3 Å². The highest BCUT2D eigenvalue weighted by Gasteiger charge is 2.16. The molecule has 0 radical (unpaired) electrons. The molecule has 0 saturated carbocycles. The summed E-state index contributed by atoms with van der Waals surface area (Å²) in [6.45, 7) is 4.11. The maximum atomic E-state index is 12.4. The molecule has 0 aromatic heterocycles. The van der Waals surface area contributed by atoms with E-state index in [0.717, 1.165) is 13.0 Å². The van der Waals surface area contributed by atoms with Gasteiger partial charge in [0.15, 0.2) is 0 Å². The van der Waals surface area contributed by atoms with Gasteiger partial charge in [-0.15, -0.1) is 0 Å². The highest BCUT2D eigenvalue weighted by atomic mass is 16.4. The summed E-state index contributed by atoms with van der Waals surface area (Å²) in [5.41, 5.74) is 0.567. The van der Waals surface area contributed by atoms with Gasteiger partial charge in [-0.25, -0.2) is 4.79 Å². The fraction of sp³-hybridized carbons (Fsp3) is 0.467. The van der Waals surface area contributed by atoms with Crippen molar-refractivity contribution in [3.8, 4) is 0 Å². The second-order valence-corrected chi connectivity index (χ2v) is 4.98. The number of aromatic carboxylic acids is 1. The fourth-order valence-electron chi connectivity index (χ4n) is 1.87. The van der Waals surface area contributed by atoms with Gasteiger partial charge in [0, 0.05) is 25.2 Å². The van der Waals surface area contributed by atoms with Crippen LogP contribution in [-0.4, -0.2) is 60.5 Å². The van der Waals surface area contributed by atoms with Gasteiger partial charge in [0.1, 0.15) is 0 Å². The van der Waals surface area contributed by atoms with Gasteiger partial charge in [-0.1, -0.05) is 13.0 Å². The van der Waals surface area contributed by atoms with Crippen molar-refractivity contribution in [3.63, 3.8) is 0 Å². The van der Waals surface area contributed by atoms with E-state index in [-0.39, 0.29) is 11.5 Å². The Morgan fingerprint density at radius 2 is 1.75 bits per heavy atom. The van der Waals surface area contributed by atoms with Crippen LogP contribution < -0.4 is 0 Å². The molecular weight excluding hydrogens is 256 g/mol. The number of amides is 1. The normalized spacial score (nSPS) is 10.6. The maximum absolute atomic E-state index is 12.4. The van der Waals surface area contributed by atoms with Gasteiger partial charge in [-0.05, 0) is 38.7 Å². The lowest BCUT2D eigenvalue weighted by Crippen LogP contribution is -2.37. The van der Waals surface area contributed by atoms with E-state index < -0.39 is 5.97 Å². The summed E-state index contributed by atoms with van der Waals surface area (Å²) in [4.78, 5) is 27.2. The molecule has 1 amide bonds. The number of rotatable bonds is 7. The summed E-state index contributed by atoms with van der Waals surface area (Å²) in [7, 11) is 3.92. The number of carbonyl (C=O) groups excluding carboxylic acids is 1. The summed E-state index contributed by atoms with van der Waals surface area (Å²) < 4.78 is 0. The van der Waals surface area contributed by atoms with E-state index in [1.807, 2.05) is 25.9 Å². The zero-order valence-electron chi connectivity index (χ0n) is 12.3.